The van der Waals surface area contributed by atoms with E-state index in [1.54, 1.807) is 11.3 Å². The maximum atomic E-state index is 5.23. The monoisotopic (exact) mass is 232 g/mol. The van der Waals surface area contributed by atoms with Gasteiger partial charge in [0.1, 0.15) is 0 Å². The van der Waals surface area contributed by atoms with Gasteiger partial charge < -0.3 is 4.42 Å². The van der Waals surface area contributed by atoms with Crippen LogP contribution in [0.5, 0.6) is 0 Å². The van der Waals surface area contributed by atoms with Gasteiger partial charge in [0.25, 0.3) is 0 Å². The van der Waals surface area contributed by atoms with Crippen LogP contribution in [0.3, 0.4) is 0 Å². The molecular formula is C10H8N4OS. The van der Waals surface area contributed by atoms with Gasteiger partial charge >= 0.3 is 0 Å². The minimum Gasteiger partial charge on any atom is -0.440 e. The van der Waals surface area contributed by atoms with E-state index in [1.807, 2.05) is 24.4 Å². The molecule has 0 aliphatic heterocycles. The van der Waals surface area contributed by atoms with Crippen molar-refractivity contribution in [3.63, 3.8) is 0 Å². The number of nitrogens with one attached hydrogen (secondary N) is 1. The summed E-state index contributed by atoms with van der Waals surface area (Å²) in [6, 6.07) is 3.96. The summed E-state index contributed by atoms with van der Waals surface area (Å²) in [5, 5.41) is 8.99. The van der Waals surface area contributed by atoms with E-state index in [-0.39, 0.29) is 0 Å². The zero-order chi connectivity index (χ0) is 11.0. The lowest BCUT2D eigenvalue weighted by Gasteiger charge is -1.87. The van der Waals surface area contributed by atoms with Gasteiger partial charge in [-0.2, -0.15) is 0 Å². The molecule has 0 atom stereocenters. The first-order chi connectivity index (χ1) is 7.84. The van der Waals surface area contributed by atoms with Crippen molar-refractivity contribution < 1.29 is 4.42 Å². The van der Waals surface area contributed by atoms with Crippen molar-refractivity contribution in [1.82, 2.24) is 20.2 Å². The molecule has 6 heteroatoms. The Kier molecular flexibility index (Phi) is 2.07. The molecule has 16 heavy (non-hydrogen) atoms. The van der Waals surface area contributed by atoms with Gasteiger partial charge in [-0.1, -0.05) is 6.07 Å². The summed E-state index contributed by atoms with van der Waals surface area (Å²) in [7, 11) is 0. The molecule has 3 heterocycles. The van der Waals surface area contributed by atoms with Crippen molar-refractivity contribution in [2.45, 2.75) is 6.92 Å². The summed E-state index contributed by atoms with van der Waals surface area (Å²) in [4.78, 5) is 9.42. The molecule has 3 rings (SSSR count). The largest absolute Gasteiger partial charge is 0.440 e. The first-order valence-corrected chi connectivity index (χ1v) is 5.59. The lowest BCUT2D eigenvalue weighted by Crippen LogP contribution is -1.81. The number of rotatable bonds is 2. The van der Waals surface area contributed by atoms with Crippen LogP contribution in [0.2, 0.25) is 0 Å². The Morgan fingerprint density at radius 3 is 3.06 bits per heavy atom. The molecule has 0 saturated carbocycles. The summed E-state index contributed by atoms with van der Waals surface area (Å²) >= 11 is 1.61. The molecule has 3 aromatic rings. The van der Waals surface area contributed by atoms with E-state index in [1.165, 1.54) is 6.39 Å². The van der Waals surface area contributed by atoms with E-state index in [4.69, 9.17) is 4.42 Å². The summed E-state index contributed by atoms with van der Waals surface area (Å²) < 4.78 is 5.23. The predicted molar refractivity (Wildman–Crippen MR) is 59.9 cm³/mol. The van der Waals surface area contributed by atoms with Gasteiger partial charge in [-0.25, -0.2) is 9.97 Å². The number of hydrogen-bond donors (Lipinski definition) is 1. The first-order valence-electron chi connectivity index (χ1n) is 4.71. The van der Waals surface area contributed by atoms with Crippen molar-refractivity contribution >= 4 is 11.3 Å². The van der Waals surface area contributed by atoms with Crippen molar-refractivity contribution in [1.29, 1.82) is 0 Å². The molecule has 5 nitrogen and oxygen atoms in total. The number of aromatic nitrogens is 4. The van der Waals surface area contributed by atoms with Gasteiger partial charge in [-0.3, -0.25) is 5.10 Å². The molecule has 0 amide bonds. The topological polar surface area (TPSA) is 67.6 Å². The van der Waals surface area contributed by atoms with Crippen LogP contribution in [0.25, 0.3) is 22.3 Å². The Hall–Kier alpha value is -1.95. The van der Waals surface area contributed by atoms with E-state index in [0.29, 0.717) is 11.6 Å². The second kappa shape index (κ2) is 3.57. The molecule has 0 aliphatic carbocycles. The third-order valence-electron chi connectivity index (χ3n) is 2.19. The molecule has 0 aromatic carbocycles. The molecule has 1 N–H and O–H groups in total. The Morgan fingerprint density at radius 2 is 2.38 bits per heavy atom. The van der Waals surface area contributed by atoms with Crippen LogP contribution in [0, 0.1) is 6.92 Å². The Morgan fingerprint density at radius 1 is 1.44 bits per heavy atom. The van der Waals surface area contributed by atoms with E-state index >= 15 is 0 Å². The molecule has 80 valence electrons. The second-order valence-corrected chi connectivity index (χ2v) is 4.20. The smallest absolute Gasteiger partial charge is 0.219 e. The van der Waals surface area contributed by atoms with E-state index in [9.17, 15) is 0 Å². The van der Waals surface area contributed by atoms with Gasteiger partial charge in [0.05, 0.1) is 10.6 Å². The molecule has 0 radical (unpaired) electrons. The number of H-pyrrole nitrogens is 1. The normalized spacial score (nSPS) is 10.8. The minimum atomic E-state index is 0.540. The molecule has 0 spiro atoms. The minimum absolute atomic E-state index is 0.540. The summed E-state index contributed by atoms with van der Waals surface area (Å²) in [5.74, 6) is 1.90. The van der Waals surface area contributed by atoms with E-state index in [2.05, 4.69) is 20.2 Å². The molecular weight excluding hydrogens is 224 g/mol. The Bertz CT molecular complexity index is 596. The van der Waals surface area contributed by atoms with Crippen molar-refractivity contribution in [3.05, 3.63) is 29.6 Å². The molecule has 0 saturated heterocycles. The lowest BCUT2D eigenvalue weighted by atomic mass is 10.3. The van der Waals surface area contributed by atoms with Gasteiger partial charge in [-0.05, 0) is 18.4 Å². The maximum Gasteiger partial charge on any atom is 0.219 e. The van der Waals surface area contributed by atoms with E-state index < -0.39 is 0 Å². The maximum absolute atomic E-state index is 5.23. The van der Waals surface area contributed by atoms with Crippen molar-refractivity contribution in [2.24, 2.45) is 0 Å². The van der Waals surface area contributed by atoms with Gasteiger partial charge in [0.2, 0.25) is 5.82 Å². The van der Waals surface area contributed by atoms with Gasteiger partial charge in [0.15, 0.2) is 18.0 Å². The molecule has 0 bridgehead atoms. The lowest BCUT2D eigenvalue weighted by molar-refractivity contribution is 0.567. The van der Waals surface area contributed by atoms with Gasteiger partial charge in [0, 0.05) is 0 Å². The van der Waals surface area contributed by atoms with Crippen LogP contribution in [-0.2, 0) is 0 Å². The van der Waals surface area contributed by atoms with Crippen LogP contribution in [0.15, 0.2) is 28.3 Å². The zero-order valence-corrected chi connectivity index (χ0v) is 9.28. The quantitative estimate of drug-likeness (QED) is 0.737. The number of aromatic amines is 1. The second-order valence-electron chi connectivity index (χ2n) is 3.25. The Balaban J connectivity index is 2.03. The molecule has 3 aromatic heterocycles. The number of aryl methyl sites for hydroxylation is 1. The van der Waals surface area contributed by atoms with Crippen LogP contribution in [-0.4, -0.2) is 20.2 Å². The van der Waals surface area contributed by atoms with Crippen molar-refractivity contribution in [2.75, 3.05) is 0 Å². The first kappa shape index (κ1) is 9.29. The average Bonchev–Trinajstić information content (AvgIpc) is 2.96. The van der Waals surface area contributed by atoms with Crippen LogP contribution < -0.4 is 0 Å². The molecule has 0 fully saturated rings. The van der Waals surface area contributed by atoms with Crippen molar-refractivity contribution in [3.8, 4) is 22.3 Å². The Labute approximate surface area is 95.2 Å². The molecule has 0 aliphatic rings. The highest BCUT2D eigenvalue weighted by molar-refractivity contribution is 7.13. The highest BCUT2D eigenvalue weighted by atomic mass is 32.1. The summed E-state index contributed by atoms with van der Waals surface area (Å²) in [6.07, 6.45) is 1.39. The fraction of sp³-hybridized carbons (Fsp3) is 0.100. The number of nitrogens with zero attached hydrogens (tertiary/aromatic N) is 3. The number of oxazole rings is 1. The van der Waals surface area contributed by atoms with Crippen LogP contribution >= 0.6 is 11.3 Å². The zero-order valence-electron chi connectivity index (χ0n) is 8.47. The fourth-order valence-electron chi connectivity index (χ4n) is 1.40. The van der Waals surface area contributed by atoms with Gasteiger partial charge in [-0.15, -0.1) is 16.4 Å². The third kappa shape index (κ3) is 1.43. The highest BCUT2D eigenvalue weighted by Gasteiger charge is 2.13. The number of thiophene rings is 1. The van der Waals surface area contributed by atoms with E-state index in [0.717, 1.165) is 16.4 Å². The van der Waals surface area contributed by atoms with Crippen LogP contribution in [0.1, 0.15) is 5.69 Å². The highest BCUT2D eigenvalue weighted by Crippen LogP contribution is 2.24. The summed E-state index contributed by atoms with van der Waals surface area (Å²) in [5.41, 5.74) is 0.789. The third-order valence-corrected chi connectivity index (χ3v) is 3.07. The summed E-state index contributed by atoms with van der Waals surface area (Å²) in [6.45, 7) is 1.86. The fourth-order valence-corrected chi connectivity index (χ4v) is 2.07. The standard InChI is InChI=1S/C10H8N4OS/c1-6-8(15-5-11-6)10-12-9(13-14-10)7-3-2-4-16-7/h2-5H,1H3,(H,12,13,14). The predicted octanol–water partition coefficient (Wildman–Crippen LogP) is 2.50. The van der Waals surface area contributed by atoms with Crippen LogP contribution in [0.4, 0.5) is 0 Å². The average molecular weight is 232 g/mol. The number of hydrogen-bond acceptors (Lipinski definition) is 5. The molecule has 0 unspecified atom stereocenters. The SMILES string of the molecule is Cc1ncoc1-c1n[nH]c(-c2cccs2)n1.